The molecular formula is C12H16N2O. The first-order valence-electron chi connectivity index (χ1n) is 5.35. The summed E-state index contributed by atoms with van der Waals surface area (Å²) in [5.41, 5.74) is 0. The van der Waals surface area contributed by atoms with Gasteiger partial charge in [-0.05, 0) is 31.1 Å². The molecule has 1 unspecified atom stereocenters. The van der Waals surface area contributed by atoms with E-state index in [0.29, 0.717) is 6.04 Å². The number of likely N-dealkylation sites (tertiary alicyclic amines) is 1. The van der Waals surface area contributed by atoms with Gasteiger partial charge in [0.2, 0.25) is 5.91 Å². The molecule has 2 heterocycles. The predicted molar refractivity (Wildman–Crippen MR) is 59.5 cm³/mol. The van der Waals surface area contributed by atoms with Crippen LogP contribution in [0, 0.1) is 0 Å². The van der Waals surface area contributed by atoms with E-state index in [9.17, 15) is 4.79 Å². The van der Waals surface area contributed by atoms with E-state index >= 15 is 0 Å². The van der Waals surface area contributed by atoms with Gasteiger partial charge in [0.05, 0.1) is 6.04 Å². The van der Waals surface area contributed by atoms with E-state index in [2.05, 4.69) is 23.5 Å². The highest BCUT2D eigenvalue weighted by Crippen LogP contribution is 2.21. The summed E-state index contributed by atoms with van der Waals surface area (Å²) in [5, 5.41) is 0. The lowest BCUT2D eigenvalue weighted by atomic mass is 10.1. The van der Waals surface area contributed by atoms with Gasteiger partial charge in [-0.3, -0.25) is 4.79 Å². The van der Waals surface area contributed by atoms with Gasteiger partial charge in [-0.2, -0.15) is 0 Å². The summed E-state index contributed by atoms with van der Waals surface area (Å²) in [4.78, 5) is 13.4. The van der Waals surface area contributed by atoms with Crippen LogP contribution in [0.25, 0.3) is 0 Å². The normalized spacial score (nSPS) is 21.3. The molecular weight excluding hydrogens is 188 g/mol. The molecule has 0 radical (unpaired) electrons. The number of carbonyl (C=O) groups is 1. The van der Waals surface area contributed by atoms with Crippen molar-refractivity contribution in [2.24, 2.45) is 0 Å². The second-order valence-corrected chi connectivity index (χ2v) is 3.91. The summed E-state index contributed by atoms with van der Waals surface area (Å²) in [6.07, 6.45) is 7.75. The first-order chi connectivity index (χ1) is 7.31. The Hall–Kier alpha value is -1.51. The van der Waals surface area contributed by atoms with Crippen LogP contribution in [0.4, 0.5) is 0 Å². The Morgan fingerprint density at radius 3 is 2.80 bits per heavy atom. The zero-order chi connectivity index (χ0) is 10.7. The molecule has 3 nitrogen and oxygen atoms in total. The number of carbonyl (C=O) groups excluding carboxylic acids is 1. The maximum atomic E-state index is 11.5. The van der Waals surface area contributed by atoms with Gasteiger partial charge < -0.3 is 9.47 Å². The van der Waals surface area contributed by atoms with Crippen LogP contribution in [0.15, 0.2) is 37.2 Å². The van der Waals surface area contributed by atoms with Gasteiger partial charge in [-0.15, -0.1) is 0 Å². The molecule has 0 saturated carbocycles. The molecule has 0 aromatic carbocycles. The van der Waals surface area contributed by atoms with E-state index in [1.54, 1.807) is 0 Å². The topological polar surface area (TPSA) is 25.2 Å². The van der Waals surface area contributed by atoms with Crippen molar-refractivity contribution in [2.45, 2.75) is 18.9 Å². The lowest BCUT2D eigenvalue weighted by Crippen LogP contribution is -2.39. The third-order valence-corrected chi connectivity index (χ3v) is 2.93. The summed E-state index contributed by atoms with van der Waals surface area (Å²) in [5.74, 6) is 0.0480. The summed E-state index contributed by atoms with van der Waals surface area (Å²) >= 11 is 0. The maximum Gasteiger partial charge on any atom is 0.246 e. The van der Waals surface area contributed by atoms with Gasteiger partial charge >= 0.3 is 0 Å². The van der Waals surface area contributed by atoms with Crippen LogP contribution in [0.3, 0.4) is 0 Å². The fourth-order valence-corrected chi connectivity index (χ4v) is 2.12. The summed E-state index contributed by atoms with van der Waals surface area (Å²) in [6.45, 7) is 5.19. The van der Waals surface area contributed by atoms with Crippen LogP contribution in [-0.2, 0) is 4.79 Å². The highest BCUT2D eigenvalue weighted by molar-refractivity contribution is 5.87. The Morgan fingerprint density at radius 2 is 2.13 bits per heavy atom. The van der Waals surface area contributed by atoms with E-state index in [1.165, 1.54) is 6.08 Å². The Morgan fingerprint density at radius 1 is 1.40 bits per heavy atom. The molecule has 0 N–H and O–H groups in total. The number of hydrogen-bond acceptors (Lipinski definition) is 1. The van der Waals surface area contributed by atoms with Gasteiger partial charge in [-0.1, -0.05) is 6.58 Å². The van der Waals surface area contributed by atoms with Crippen molar-refractivity contribution in [1.29, 1.82) is 0 Å². The number of aromatic nitrogens is 1. The molecule has 1 atom stereocenters. The summed E-state index contributed by atoms with van der Waals surface area (Å²) < 4.78 is 2.18. The molecule has 0 bridgehead atoms. The van der Waals surface area contributed by atoms with Gasteiger partial charge in [0.15, 0.2) is 0 Å². The highest BCUT2D eigenvalue weighted by Gasteiger charge is 2.22. The van der Waals surface area contributed by atoms with E-state index < -0.39 is 0 Å². The summed E-state index contributed by atoms with van der Waals surface area (Å²) in [6, 6.07) is 4.47. The molecule has 2 rings (SSSR count). The molecule has 0 spiro atoms. The molecule has 80 valence electrons. The molecule has 0 aliphatic carbocycles. The van der Waals surface area contributed by atoms with Crippen LogP contribution >= 0.6 is 0 Å². The number of amides is 1. The smallest absolute Gasteiger partial charge is 0.246 e. The van der Waals surface area contributed by atoms with Gasteiger partial charge in [0, 0.05) is 25.5 Å². The molecule has 3 heteroatoms. The first-order valence-corrected chi connectivity index (χ1v) is 5.35. The average molecular weight is 204 g/mol. The third-order valence-electron chi connectivity index (χ3n) is 2.93. The zero-order valence-corrected chi connectivity index (χ0v) is 8.80. The van der Waals surface area contributed by atoms with Gasteiger partial charge in [-0.25, -0.2) is 0 Å². The Balaban J connectivity index is 2.04. The van der Waals surface area contributed by atoms with E-state index in [0.717, 1.165) is 25.9 Å². The van der Waals surface area contributed by atoms with Crippen LogP contribution in [0.1, 0.15) is 18.9 Å². The fourth-order valence-electron chi connectivity index (χ4n) is 2.12. The van der Waals surface area contributed by atoms with Crippen LogP contribution in [-0.4, -0.2) is 28.5 Å². The predicted octanol–water partition coefficient (Wildman–Crippen LogP) is 1.84. The van der Waals surface area contributed by atoms with Crippen molar-refractivity contribution in [3.63, 3.8) is 0 Å². The quantitative estimate of drug-likeness (QED) is 0.675. The van der Waals surface area contributed by atoms with Crippen molar-refractivity contribution in [2.75, 3.05) is 13.1 Å². The monoisotopic (exact) mass is 204 g/mol. The van der Waals surface area contributed by atoms with Gasteiger partial charge in [0.25, 0.3) is 0 Å². The van der Waals surface area contributed by atoms with Crippen molar-refractivity contribution >= 4 is 5.91 Å². The Bertz CT molecular complexity index is 343. The number of hydrogen-bond donors (Lipinski definition) is 0. The SMILES string of the molecule is C=CC(=O)N1CCCC(n2cccc2)C1. The minimum Gasteiger partial charge on any atom is -0.349 e. The highest BCUT2D eigenvalue weighted by atomic mass is 16.2. The van der Waals surface area contributed by atoms with Crippen LogP contribution < -0.4 is 0 Å². The average Bonchev–Trinajstić information content (AvgIpc) is 2.82. The van der Waals surface area contributed by atoms with Crippen LogP contribution in [0.5, 0.6) is 0 Å². The van der Waals surface area contributed by atoms with Crippen molar-refractivity contribution in [1.82, 2.24) is 9.47 Å². The lowest BCUT2D eigenvalue weighted by molar-refractivity contribution is -0.127. The van der Waals surface area contributed by atoms with Crippen LogP contribution in [0.2, 0.25) is 0 Å². The fraction of sp³-hybridized carbons (Fsp3) is 0.417. The largest absolute Gasteiger partial charge is 0.349 e. The summed E-state index contributed by atoms with van der Waals surface area (Å²) in [7, 11) is 0. The minimum absolute atomic E-state index is 0.0480. The second-order valence-electron chi connectivity index (χ2n) is 3.91. The number of piperidine rings is 1. The number of rotatable bonds is 2. The third kappa shape index (κ3) is 2.12. The molecule has 1 fully saturated rings. The lowest BCUT2D eigenvalue weighted by Gasteiger charge is -2.32. The first kappa shape index (κ1) is 10.0. The maximum absolute atomic E-state index is 11.5. The zero-order valence-electron chi connectivity index (χ0n) is 8.80. The molecule has 1 aromatic heterocycles. The Labute approximate surface area is 90.0 Å². The molecule has 1 amide bonds. The molecule has 1 aliphatic rings. The second kappa shape index (κ2) is 4.34. The van der Waals surface area contributed by atoms with E-state index in [4.69, 9.17) is 0 Å². The minimum atomic E-state index is 0.0480. The van der Waals surface area contributed by atoms with Crippen molar-refractivity contribution in [3.8, 4) is 0 Å². The van der Waals surface area contributed by atoms with E-state index in [1.807, 2.05) is 17.0 Å². The molecule has 1 aliphatic heterocycles. The van der Waals surface area contributed by atoms with E-state index in [-0.39, 0.29) is 5.91 Å². The van der Waals surface area contributed by atoms with Crippen molar-refractivity contribution < 1.29 is 4.79 Å². The molecule has 1 aromatic rings. The van der Waals surface area contributed by atoms with Gasteiger partial charge in [0.1, 0.15) is 0 Å². The standard InChI is InChI=1S/C12H16N2O/c1-2-12(15)14-9-5-6-11(10-14)13-7-3-4-8-13/h2-4,7-8,11H,1,5-6,9-10H2. The van der Waals surface area contributed by atoms with Crippen molar-refractivity contribution in [3.05, 3.63) is 37.2 Å². The Kier molecular flexibility index (Phi) is 2.90. The number of nitrogens with zero attached hydrogens (tertiary/aromatic N) is 2. The molecule has 15 heavy (non-hydrogen) atoms. The molecule has 1 saturated heterocycles.